The van der Waals surface area contributed by atoms with Gasteiger partial charge in [0.15, 0.2) is 0 Å². The lowest BCUT2D eigenvalue weighted by molar-refractivity contribution is 0.316. The maximum atomic E-state index is 6.14. The first-order valence-electron chi connectivity index (χ1n) is 7.62. The summed E-state index contributed by atoms with van der Waals surface area (Å²) < 4.78 is 0. The van der Waals surface area contributed by atoms with Gasteiger partial charge in [0.1, 0.15) is 10.6 Å². The SMILES string of the molecule is CCc1c(C)sc2nc(NCCN(CC)CC)nc(N)c12. The van der Waals surface area contributed by atoms with E-state index in [1.54, 1.807) is 11.3 Å². The van der Waals surface area contributed by atoms with Gasteiger partial charge in [-0.3, -0.25) is 0 Å². The molecule has 0 aliphatic carbocycles. The molecule has 0 aromatic carbocycles. The molecule has 5 nitrogen and oxygen atoms in total. The molecular weight excluding hydrogens is 282 g/mol. The van der Waals surface area contributed by atoms with Crippen molar-refractivity contribution in [3.05, 3.63) is 10.4 Å². The molecule has 0 radical (unpaired) electrons. The highest BCUT2D eigenvalue weighted by atomic mass is 32.1. The Bertz CT molecular complexity index is 604. The van der Waals surface area contributed by atoms with Crippen molar-refractivity contribution in [3.8, 4) is 0 Å². The molecule has 116 valence electrons. The van der Waals surface area contributed by atoms with E-state index < -0.39 is 0 Å². The molecule has 0 spiro atoms. The number of nitrogens with one attached hydrogen (secondary N) is 1. The highest BCUT2D eigenvalue weighted by Crippen LogP contribution is 2.33. The summed E-state index contributed by atoms with van der Waals surface area (Å²) in [5.74, 6) is 1.22. The normalized spacial score (nSPS) is 11.5. The number of thiophene rings is 1. The van der Waals surface area contributed by atoms with Crippen LogP contribution < -0.4 is 11.1 Å². The Kier molecular flexibility index (Phi) is 5.36. The fourth-order valence-electron chi connectivity index (χ4n) is 2.57. The Morgan fingerprint density at radius 2 is 1.90 bits per heavy atom. The van der Waals surface area contributed by atoms with E-state index in [1.807, 2.05) is 0 Å². The lowest BCUT2D eigenvalue weighted by Gasteiger charge is -2.17. The first-order chi connectivity index (χ1) is 10.1. The van der Waals surface area contributed by atoms with Gasteiger partial charge in [0.25, 0.3) is 0 Å². The molecule has 2 aromatic rings. The molecule has 0 saturated heterocycles. The number of likely N-dealkylation sites (N-methyl/N-ethyl adjacent to an activating group) is 1. The highest BCUT2D eigenvalue weighted by molar-refractivity contribution is 7.18. The van der Waals surface area contributed by atoms with E-state index in [9.17, 15) is 0 Å². The van der Waals surface area contributed by atoms with Gasteiger partial charge in [0.2, 0.25) is 5.95 Å². The van der Waals surface area contributed by atoms with E-state index >= 15 is 0 Å². The molecule has 2 heterocycles. The zero-order valence-electron chi connectivity index (χ0n) is 13.4. The average Bonchev–Trinajstić information content (AvgIpc) is 2.79. The molecule has 0 amide bonds. The van der Waals surface area contributed by atoms with E-state index in [4.69, 9.17) is 5.73 Å². The number of nitrogens with two attached hydrogens (primary N) is 1. The lowest BCUT2D eigenvalue weighted by atomic mass is 10.1. The second-order valence-corrected chi connectivity index (χ2v) is 6.26. The Hall–Kier alpha value is -1.40. The minimum Gasteiger partial charge on any atom is -0.383 e. The van der Waals surface area contributed by atoms with Crippen molar-refractivity contribution in [3.63, 3.8) is 0 Å². The van der Waals surface area contributed by atoms with Gasteiger partial charge in [-0.25, -0.2) is 4.98 Å². The van der Waals surface area contributed by atoms with Crippen LogP contribution in [-0.4, -0.2) is 41.0 Å². The van der Waals surface area contributed by atoms with Crippen molar-refractivity contribution in [1.29, 1.82) is 0 Å². The number of nitrogens with zero attached hydrogens (tertiary/aromatic N) is 3. The average molecular weight is 307 g/mol. The predicted molar refractivity (Wildman–Crippen MR) is 92.2 cm³/mol. The van der Waals surface area contributed by atoms with Crippen LogP contribution in [0.1, 0.15) is 31.2 Å². The van der Waals surface area contributed by atoms with Crippen molar-refractivity contribution in [2.24, 2.45) is 0 Å². The molecule has 0 aliphatic heterocycles. The maximum Gasteiger partial charge on any atom is 0.226 e. The maximum absolute atomic E-state index is 6.14. The topological polar surface area (TPSA) is 67.1 Å². The number of nitrogen functional groups attached to an aromatic ring is 1. The predicted octanol–water partition coefficient (Wildman–Crippen LogP) is 2.90. The van der Waals surface area contributed by atoms with Crippen molar-refractivity contribution >= 4 is 33.3 Å². The summed E-state index contributed by atoms with van der Waals surface area (Å²) in [6.07, 6.45) is 0.966. The summed E-state index contributed by atoms with van der Waals surface area (Å²) in [5.41, 5.74) is 7.42. The summed E-state index contributed by atoms with van der Waals surface area (Å²) in [6, 6.07) is 0. The van der Waals surface area contributed by atoms with E-state index in [2.05, 4.69) is 47.9 Å². The number of rotatable bonds is 7. The molecule has 0 fully saturated rings. The minimum atomic E-state index is 0.589. The first-order valence-corrected chi connectivity index (χ1v) is 8.43. The summed E-state index contributed by atoms with van der Waals surface area (Å²) in [7, 11) is 0. The molecule has 0 bridgehead atoms. The van der Waals surface area contributed by atoms with E-state index in [1.165, 1.54) is 10.4 Å². The molecular formula is C15H25N5S. The van der Waals surface area contributed by atoms with E-state index in [0.717, 1.165) is 42.8 Å². The lowest BCUT2D eigenvalue weighted by Crippen LogP contribution is -2.29. The Morgan fingerprint density at radius 3 is 2.52 bits per heavy atom. The molecule has 6 heteroatoms. The van der Waals surface area contributed by atoms with E-state index in [0.29, 0.717) is 11.8 Å². The quantitative estimate of drug-likeness (QED) is 0.823. The number of aryl methyl sites for hydroxylation is 2. The zero-order chi connectivity index (χ0) is 15.4. The van der Waals surface area contributed by atoms with Gasteiger partial charge in [0.05, 0.1) is 5.39 Å². The number of hydrogen-bond acceptors (Lipinski definition) is 6. The van der Waals surface area contributed by atoms with Crippen LogP contribution in [0.25, 0.3) is 10.2 Å². The van der Waals surface area contributed by atoms with Gasteiger partial charge in [-0.15, -0.1) is 11.3 Å². The summed E-state index contributed by atoms with van der Waals surface area (Å²) in [6.45, 7) is 12.5. The minimum absolute atomic E-state index is 0.589. The van der Waals surface area contributed by atoms with Crippen molar-refractivity contribution < 1.29 is 0 Å². The van der Waals surface area contributed by atoms with Gasteiger partial charge >= 0.3 is 0 Å². The number of aromatic nitrogens is 2. The smallest absolute Gasteiger partial charge is 0.226 e. The number of anilines is 2. The molecule has 0 aliphatic rings. The Labute approximate surface area is 130 Å². The van der Waals surface area contributed by atoms with Crippen LogP contribution in [0, 0.1) is 6.92 Å². The Morgan fingerprint density at radius 1 is 1.19 bits per heavy atom. The molecule has 2 rings (SSSR count). The fraction of sp³-hybridized carbons (Fsp3) is 0.600. The molecule has 21 heavy (non-hydrogen) atoms. The van der Waals surface area contributed by atoms with Crippen molar-refractivity contribution in [1.82, 2.24) is 14.9 Å². The van der Waals surface area contributed by atoms with Crippen LogP contribution in [0.15, 0.2) is 0 Å². The summed E-state index contributed by atoms with van der Waals surface area (Å²) >= 11 is 1.70. The zero-order valence-corrected chi connectivity index (χ0v) is 14.2. The van der Waals surface area contributed by atoms with Crippen LogP contribution in [0.5, 0.6) is 0 Å². The second kappa shape index (κ2) is 7.04. The van der Waals surface area contributed by atoms with Crippen molar-refractivity contribution in [2.75, 3.05) is 37.2 Å². The monoisotopic (exact) mass is 307 g/mol. The molecule has 0 unspecified atom stereocenters. The third-order valence-electron chi connectivity index (χ3n) is 3.84. The fourth-order valence-corrected chi connectivity index (χ4v) is 3.69. The van der Waals surface area contributed by atoms with Crippen LogP contribution in [0.3, 0.4) is 0 Å². The van der Waals surface area contributed by atoms with Gasteiger partial charge in [-0.2, -0.15) is 4.98 Å². The third-order valence-corrected chi connectivity index (χ3v) is 4.88. The standard InChI is InChI=1S/C15H25N5S/c1-5-11-10(4)21-14-12(11)13(16)18-15(19-14)17-8-9-20(6-2)7-3/h5-9H2,1-4H3,(H3,16,17,18,19). The molecule has 0 atom stereocenters. The van der Waals surface area contributed by atoms with E-state index in [-0.39, 0.29) is 0 Å². The largest absolute Gasteiger partial charge is 0.383 e. The second-order valence-electron chi connectivity index (χ2n) is 5.06. The highest BCUT2D eigenvalue weighted by Gasteiger charge is 2.14. The van der Waals surface area contributed by atoms with Crippen molar-refractivity contribution in [2.45, 2.75) is 34.1 Å². The van der Waals surface area contributed by atoms with Crippen LogP contribution in [0.2, 0.25) is 0 Å². The first kappa shape index (κ1) is 16.0. The summed E-state index contributed by atoms with van der Waals surface area (Å²) in [5, 5.41) is 4.32. The molecule has 2 aromatic heterocycles. The Balaban J connectivity index is 2.15. The number of fused-ring (bicyclic) bond motifs is 1. The van der Waals surface area contributed by atoms with Gasteiger partial charge < -0.3 is 16.0 Å². The van der Waals surface area contributed by atoms with Gasteiger partial charge in [-0.1, -0.05) is 20.8 Å². The van der Waals surface area contributed by atoms with Crippen LogP contribution in [0.4, 0.5) is 11.8 Å². The molecule has 0 saturated carbocycles. The van der Waals surface area contributed by atoms with Crippen LogP contribution in [-0.2, 0) is 6.42 Å². The summed E-state index contributed by atoms with van der Waals surface area (Å²) in [4.78, 5) is 13.7. The molecule has 3 N–H and O–H groups in total. The number of hydrogen-bond donors (Lipinski definition) is 2. The van der Waals surface area contributed by atoms with Gasteiger partial charge in [-0.05, 0) is 32.0 Å². The third kappa shape index (κ3) is 3.44. The van der Waals surface area contributed by atoms with Gasteiger partial charge in [0, 0.05) is 18.0 Å². The van der Waals surface area contributed by atoms with Crippen LogP contribution >= 0.6 is 11.3 Å².